The smallest absolute Gasteiger partial charge is 0.245 e. The fraction of sp³-hybridized carbons (Fsp3) is 0.652. The van der Waals surface area contributed by atoms with E-state index in [1.807, 2.05) is 15.9 Å². The highest BCUT2D eigenvalue weighted by molar-refractivity contribution is 5.89. The highest BCUT2D eigenvalue weighted by Crippen LogP contribution is 2.42. The van der Waals surface area contributed by atoms with E-state index < -0.39 is 0 Å². The van der Waals surface area contributed by atoms with Crippen LogP contribution in [0.1, 0.15) is 44.1 Å². The van der Waals surface area contributed by atoms with E-state index in [2.05, 4.69) is 4.90 Å². The maximum atomic E-state index is 13.6. The van der Waals surface area contributed by atoms with E-state index in [-0.39, 0.29) is 35.6 Å². The molecule has 156 valence electrons. The van der Waals surface area contributed by atoms with Gasteiger partial charge in [0.15, 0.2) is 0 Å². The predicted molar refractivity (Wildman–Crippen MR) is 107 cm³/mol. The summed E-state index contributed by atoms with van der Waals surface area (Å²) < 4.78 is 13.6. The summed E-state index contributed by atoms with van der Waals surface area (Å²) in [5, 5.41) is 0. The molecule has 4 atom stereocenters. The van der Waals surface area contributed by atoms with Gasteiger partial charge in [-0.3, -0.25) is 14.5 Å². The first-order valence-corrected chi connectivity index (χ1v) is 11.2. The summed E-state index contributed by atoms with van der Waals surface area (Å²) in [6, 6.07) is 6.68. The lowest BCUT2D eigenvalue weighted by Crippen LogP contribution is -2.68. The number of halogens is 1. The Morgan fingerprint density at radius 2 is 1.90 bits per heavy atom. The molecule has 4 heterocycles. The minimum absolute atomic E-state index is 0.166. The van der Waals surface area contributed by atoms with Crippen LogP contribution in [0.3, 0.4) is 0 Å². The number of hydrogen-bond donors (Lipinski definition) is 0. The van der Waals surface area contributed by atoms with Crippen molar-refractivity contribution in [3.05, 3.63) is 35.6 Å². The average molecular weight is 400 g/mol. The second-order valence-corrected chi connectivity index (χ2v) is 9.32. The van der Waals surface area contributed by atoms with Crippen LogP contribution in [0.5, 0.6) is 0 Å². The number of rotatable bonds is 3. The zero-order chi connectivity index (χ0) is 20.0. The van der Waals surface area contributed by atoms with E-state index in [0.717, 1.165) is 63.8 Å². The number of piperidine rings is 3. The second-order valence-electron chi connectivity index (χ2n) is 9.32. The Labute approximate surface area is 171 Å². The largest absolute Gasteiger partial charge is 0.341 e. The van der Waals surface area contributed by atoms with Crippen LogP contribution in [0.25, 0.3) is 0 Å². The van der Waals surface area contributed by atoms with Crippen LogP contribution in [0, 0.1) is 17.7 Å². The quantitative estimate of drug-likeness (QED) is 0.785. The summed E-state index contributed by atoms with van der Waals surface area (Å²) in [7, 11) is 0. The van der Waals surface area contributed by atoms with E-state index >= 15 is 0 Å². The predicted octanol–water partition coefficient (Wildman–Crippen LogP) is 2.65. The van der Waals surface area contributed by atoms with Crippen molar-refractivity contribution in [1.82, 2.24) is 14.7 Å². The molecule has 4 aliphatic heterocycles. The number of carbonyl (C=O) groups excluding carboxylic acids is 2. The third-order valence-electron chi connectivity index (χ3n) is 7.38. The van der Waals surface area contributed by atoms with E-state index in [1.54, 1.807) is 12.1 Å². The molecule has 1 aromatic rings. The second kappa shape index (κ2) is 7.71. The molecule has 0 saturated carbocycles. The third-order valence-corrected chi connectivity index (χ3v) is 7.38. The zero-order valence-electron chi connectivity index (χ0n) is 16.9. The van der Waals surface area contributed by atoms with Gasteiger partial charge in [-0.1, -0.05) is 12.1 Å². The van der Waals surface area contributed by atoms with Gasteiger partial charge in [0.05, 0.1) is 0 Å². The zero-order valence-corrected chi connectivity index (χ0v) is 16.9. The van der Waals surface area contributed by atoms with Crippen molar-refractivity contribution < 1.29 is 14.0 Å². The van der Waals surface area contributed by atoms with E-state index in [1.165, 1.54) is 6.07 Å². The molecule has 0 aliphatic carbocycles. The van der Waals surface area contributed by atoms with Crippen molar-refractivity contribution in [1.29, 1.82) is 0 Å². The molecule has 2 amide bonds. The van der Waals surface area contributed by atoms with Crippen molar-refractivity contribution in [2.24, 2.45) is 11.8 Å². The first-order chi connectivity index (χ1) is 14.1. The lowest BCUT2D eigenvalue weighted by molar-refractivity contribution is -0.165. The monoisotopic (exact) mass is 399 g/mol. The lowest BCUT2D eigenvalue weighted by Gasteiger charge is -2.56. The summed E-state index contributed by atoms with van der Waals surface area (Å²) in [5.41, 5.74) is 0.976. The van der Waals surface area contributed by atoms with Crippen molar-refractivity contribution in [3.63, 3.8) is 0 Å². The number of carbonyl (C=O) groups is 2. The van der Waals surface area contributed by atoms with Gasteiger partial charge in [-0.05, 0) is 55.7 Å². The van der Waals surface area contributed by atoms with E-state index in [9.17, 15) is 14.0 Å². The fourth-order valence-electron chi connectivity index (χ4n) is 6.22. The highest BCUT2D eigenvalue weighted by Gasteiger charge is 2.52. The minimum atomic E-state index is -0.308. The molecule has 0 unspecified atom stereocenters. The third kappa shape index (κ3) is 3.56. The van der Waals surface area contributed by atoms with Crippen molar-refractivity contribution in [2.45, 2.75) is 57.2 Å². The van der Waals surface area contributed by atoms with Crippen LogP contribution in [-0.2, 0) is 16.1 Å². The Kier molecular flexibility index (Phi) is 5.06. The molecule has 1 aromatic carbocycles. The summed E-state index contributed by atoms with van der Waals surface area (Å²) in [4.78, 5) is 32.7. The number of likely N-dealkylation sites (tertiary alicyclic amines) is 2. The van der Waals surface area contributed by atoms with Gasteiger partial charge >= 0.3 is 0 Å². The van der Waals surface area contributed by atoms with Crippen LogP contribution < -0.4 is 0 Å². The SMILES string of the molecule is O=C([C@H]1[C@H]2C[C@H](CN(Cc3cccc(F)c3)C2)[C@@H]2CCCC(=O)N21)N1CCCC1. The molecule has 5 nitrogen and oxygen atoms in total. The molecular weight excluding hydrogens is 369 g/mol. The molecule has 0 spiro atoms. The standard InChI is InChI=1S/C23H30FN3O2/c24-19-6-3-5-16(11-19)13-25-14-17-12-18(15-25)22(23(29)26-9-1-2-10-26)27-20(17)7-4-8-21(27)28/h3,5-6,11,17-18,20,22H,1-2,4,7-10,12-15H2/t17-,18+,20+,22-/m1/s1. The number of hydrogen-bond acceptors (Lipinski definition) is 3. The summed E-state index contributed by atoms with van der Waals surface area (Å²) in [6.07, 6.45) is 5.66. The number of benzene rings is 1. The van der Waals surface area contributed by atoms with Gasteiger partial charge in [-0.2, -0.15) is 0 Å². The maximum Gasteiger partial charge on any atom is 0.245 e. The van der Waals surface area contributed by atoms with Crippen molar-refractivity contribution >= 4 is 11.8 Å². The Bertz CT molecular complexity index is 794. The van der Waals surface area contributed by atoms with Crippen molar-refractivity contribution in [2.75, 3.05) is 26.2 Å². The number of fused-ring (bicyclic) bond motifs is 4. The highest BCUT2D eigenvalue weighted by atomic mass is 19.1. The Hall–Kier alpha value is -1.95. The molecule has 4 fully saturated rings. The summed E-state index contributed by atoms with van der Waals surface area (Å²) in [6.45, 7) is 4.08. The van der Waals surface area contributed by atoms with E-state index in [4.69, 9.17) is 0 Å². The fourth-order valence-corrected chi connectivity index (χ4v) is 6.22. The van der Waals surface area contributed by atoms with Gasteiger partial charge in [-0.15, -0.1) is 0 Å². The molecule has 4 saturated heterocycles. The Morgan fingerprint density at radius 3 is 2.69 bits per heavy atom. The molecule has 4 aliphatic rings. The van der Waals surface area contributed by atoms with Crippen LogP contribution in [0.4, 0.5) is 4.39 Å². The molecule has 0 radical (unpaired) electrons. The van der Waals surface area contributed by atoms with Crippen LogP contribution >= 0.6 is 0 Å². The number of nitrogens with zero attached hydrogens (tertiary/aromatic N) is 3. The number of amides is 2. The maximum absolute atomic E-state index is 13.6. The van der Waals surface area contributed by atoms with E-state index in [0.29, 0.717) is 18.9 Å². The van der Waals surface area contributed by atoms with Gasteiger partial charge in [0.2, 0.25) is 11.8 Å². The van der Waals surface area contributed by atoms with Gasteiger partial charge < -0.3 is 9.80 Å². The molecule has 0 N–H and O–H groups in total. The Morgan fingerprint density at radius 1 is 1.10 bits per heavy atom. The molecule has 2 bridgehead atoms. The van der Waals surface area contributed by atoms with Gasteiger partial charge in [0.25, 0.3) is 0 Å². The Balaban J connectivity index is 1.41. The van der Waals surface area contributed by atoms with Crippen LogP contribution in [0.15, 0.2) is 24.3 Å². The lowest BCUT2D eigenvalue weighted by atomic mass is 9.71. The van der Waals surface area contributed by atoms with Crippen LogP contribution in [-0.4, -0.2) is 64.8 Å². The van der Waals surface area contributed by atoms with Gasteiger partial charge in [-0.25, -0.2) is 4.39 Å². The summed E-state index contributed by atoms with van der Waals surface area (Å²) in [5.74, 6) is 0.722. The first kappa shape index (κ1) is 19.0. The normalized spacial score (nSPS) is 32.4. The molecule has 6 heteroatoms. The topological polar surface area (TPSA) is 43.9 Å². The molecular formula is C23H30FN3O2. The molecule has 5 rings (SSSR count). The average Bonchev–Trinajstić information content (AvgIpc) is 3.23. The molecule has 29 heavy (non-hydrogen) atoms. The van der Waals surface area contributed by atoms with Crippen LogP contribution in [0.2, 0.25) is 0 Å². The minimum Gasteiger partial charge on any atom is -0.341 e. The summed E-state index contributed by atoms with van der Waals surface area (Å²) >= 11 is 0. The van der Waals surface area contributed by atoms with Gasteiger partial charge in [0.1, 0.15) is 11.9 Å². The first-order valence-electron chi connectivity index (χ1n) is 11.2. The molecule has 0 aromatic heterocycles. The van der Waals surface area contributed by atoms with Crippen molar-refractivity contribution in [3.8, 4) is 0 Å². The van der Waals surface area contributed by atoms with Gasteiger partial charge in [0, 0.05) is 51.1 Å².